The van der Waals surface area contributed by atoms with Crippen LogP contribution in [0.1, 0.15) is 42.0 Å². The maximum atomic E-state index is 14.0. The van der Waals surface area contributed by atoms with Crippen LogP contribution in [-0.2, 0) is 35.9 Å². The number of carbonyl (C=O) groups excluding carboxylic acids is 1. The third-order valence-corrected chi connectivity index (χ3v) is 11.0. The van der Waals surface area contributed by atoms with Gasteiger partial charge in [0.1, 0.15) is 5.60 Å². The number of hydrogen-bond acceptors (Lipinski definition) is 5. The Kier molecular flexibility index (Phi) is 9.86. The molecule has 0 radical (unpaired) electrons. The monoisotopic (exact) mass is 700 g/mol. The van der Waals surface area contributed by atoms with E-state index in [-0.39, 0.29) is 30.5 Å². The fourth-order valence-electron chi connectivity index (χ4n) is 6.20. The molecule has 236 valence electrons. The fraction of sp³-hybridized carbons (Fsp3) is 0.286. The van der Waals surface area contributed by atoms with Gasteiger partial charge in [0.15, 0.2) is 9.84 Å². The topological polar surface area (TPSA) is 69.7 Å². The van der Waals surface area contributed by atoms with Crippen molar-refractivity contribution in [3.63, 3.8) is 0 Å². The SMILES string of the molecule is CCOC(=O)C1CC(S(=O)(=O)c2ccc(Br)cc2C(F)(F)F)CC1COC(c1ccccc1)(c1ccccc1)c1ccccc1. The zero-order chi connectivity index (χ0) is 32.2. The molecule has 10 heteroatoms. The highest BCUT2D eigenvalue weighted by molar-refractivity contribution is 9.10. The molecule has 3 atom stereocenters. The molecule has 1 aliphatic carbocycles. The molecule has 4 aromatic carbocycles. The standard InChI is InChI=1S/C35H32BrF3O5S/c1-2-43-33(40)30-22-29(45(41,42)32-19-18-28(36)21-31(32)35(37,38)39)20-24(30)23-44-34(25-12-6-3-7-13-25,26-14-8-4-9-15-26)27-16-10-5-11-17-27/h3-19,21,24,29-30H,2,20,22-23H2,1H3. The average Bonchev–Trinajstić information content (AvgIpc) is 3.48. The molecule has 0 amide bonds. The molecule has 1 aliphatic rings. The molecule has 0 aromatic heterocycles. The van der Waals surface area contributed by atoms with Gasteiger partial charge in [-0.1, -0.05) is 107 Å². The van der Waals surface area contributed by atoms with Crippen LogP contribution in [0.3, 0.4) is 0 Å². The van der Waals surface area contributed by atoms with Crippen molar-refractivity contribution in [2.75, 3.05) is 13.2 Å². The highest BCUT2D eigenvalue weighted by Gasteiger charge is 2.49. The molecule has 1 saturated carbocycles. The van der Waals surface area contributed by atoms with Gasteiger partial charge in [-0.15, -0.1) is 0 Å². The van der Waals surface area contributed by atoms with Crippen molar-refractivity contribution in [2.24, 2.45) is 11.8 Å². The predicted molar refractivity (Wildman–Crippen MR) is 168 cm³/mol. The van der Waals surface area contributed by atoms with Crippen LogP contribution in [0.25, 0.3) is 0 Å². The first-order valence-electron chi connectivity index (χ1n) is 14.6. The third-order valence-electron chi connectivity index (χ3n) is 8.29. The van der Waals surface area contributed by atoms with Crippen molar-refractivity contribution < 1.29 is 35.9 Å². The van der Waals surface area contributed by atoms with E-state index in [0.717, 1.165) is 28.8 Å². The molecule has 0 saturated heterocycles. The lowest BCUT2D eigenvalue weighted by Crippen LogP contribution is -2.36. The number of alkyl halides is 3. The van der Waals surface area contributed by atoms with Crippen molar-refractivity contribution in [3.8, 4) is 0 Å². The van der Waals surface area contributed by atoms with E-state index in [4.69, 9.17) is 9.47 Å². The summed E-state index contributed by atoms with van der Waals surface area (Å²) in [5, 5.41) is -1.25. The predicted octanol–water partition coefficient (Wildman–Crippen LogP) is 8.21. The van der Waals surface area contributed by atoms with Crippen LogP contribution >= 0.6 is 15.9 Å². The number of sulfone groups is 1. The molecule has 1 fully saturated rings. The summed E-state index contributed by atoms with van der Waals surface area (Å²) in [6.07, 6.45) is -5.15. The zero-order valence-electron chi connectivity index (χ0n) is 24.4. The molecule has 3 unspecified atom stereocenters. The van der Waals surface area contributed by atoms with E-state index in [0.29, 0.717) is 0 Å². The Hall–Kier alpha value is -3.47. The van der Waals surface area contributed by atoms with Crippen molar-refractivity contribution in [1.82, 2.24) is 0 Å². The van der Waals surface area contributed by atoms with Gasteiger partial charge >= 0.3 is 12.1 Å². The zero-order valence-corrected chi connectivity index (χ0v) is 26.8. The molecular formula is C35H32BrF3O5S. The lowest BCUT2D eigenvalue weighted by Gasteiger charge is -2.37. The highest BCUT2D eigenvalue weighted by Crippen LogP contribution is 2.46. The summed E-state index contributed by atoms with van der Waals surface area (Å²) in [7, 11) is -4.50. The van der Waals surface area contributed by atoms with Gasteiger partial charge < -0.3 is 9.47 Å². The molecule has 4 aromatic rings. The van der Waals surface area contributed by atoms with Gasteiger partial charge in [0.25, 0.3) is 0 Å². The van der Waals surface area contributed by atoms with E-state index in [1.807, 2.05) is 91.0 Å². The van der Waals surface area contributed by atoms with Gasteiger partial charge in [0.05, 0.1) is 34.8 Å². The number of rotatable bonds is 10. The number of benzene rings is 4. The maximum absolute atomic E-state index is 14.0. The summed E-state index contributed by atoms with van der Waals surface area (Å²) < 4.78 is 82.0. The minimum absolute atomic E-state index is 0.0549. The Labute approximate surface area is 269 Å². The molecule has 5 rings (SSSR count). The Bertz CT molecular complexity index is 1620. The van der Waals surface area contributed by atoms with Crippen molar-refractivity contribution in [1.29, 1.82) is 0 Å². The van der Waals surface area contributed by atoms with Crippen LogP contribution in [0, 0.1) is 11.8 Å². The van der Waals surface area contributed by atoms with Crippen molar-refractivity contribution >= 4 is 31.7 Å². The van der Waals surface area contributed by atoms with E-state index in [1.54, 1.807) is 6.92 Å². The first-order valence-corrected chi connectivity index (χ1v) is 16.9. The molecule has 0 aliphatic heterocycles. The van der Waals surface area contributed by atoms with E-state index in [2.05, 4.69) is 15.9 Å². The quantitative estimate of drug-likeness (QED) is 0.123. The second kappa shape index (κ2) is 13.5. The first kappa shape index (κ1) is 32.9. The van der Waals surface area contributed by atoms with Gasteiger partial charge in [-0.3, -0.25) is 4.79 Å². The summed E-state index contributed by atoms with van der Waals surface area (Å²) in [5.41, 5.74) is 0.0843. The van der Waals surface area contributed by atoms with E-state index < -0.39 is 55.1 Å². The maximum Gasteiger partial charge on any atom is 0.417 e. The fourth-order valence-corrected chi connectivity index (χ4v) is 8.62. The summed E-state index contributed by atoms with van der Waals surface area (Å²) in [6, 6.07) is 31.7. The Morgan fingerprint density at radius 2 is 1.33 bits per heavy atom. The first-order chi connectivity index (χ1) is 21.5. The van der Waals surface area contributed by atoms with Crippen LogP contribution in [-0.4, -0.2) is 32.9 Å². The van der Waals surface area contributed by atoms with Crippen molar-refractivity contribution in [3.05, 3.63) is 136 Å². The number of hydrogen-bond donors (Lipinski definition) is 0. The van der Waals surface area contributed by atoms with Gasteiger partial charge in [-0.25, -0.2) is 8.42 Å². The molecule has 0 bridgehead atoms. The van der Waals surface area contributed by atoms with Gasteiger partial charge in [-0.2, -0.15) is 13.2 Å². The Morgan fingerprint density at radius 1 is 0.822 bits per heavy atom. The molecule has 0 N–H and O–H groups in total. The van der Waals surface area contributed by atoms with Gasteiger partial charge in [0, 0.05) is 4.47 Å². The van der Waals surface area contributed by atoms with E-state index >= 15 is 0 Å². The molecule has 0 spiro atoms. The summed E-state index contributed by atoms with van der Waals surface area (Å²) >= 11 is 3.02. The van der Waals surface area contributed by atoms with Crippen molar-refractivity contribution in [2.45, 2.75) is 41.7 Å². The van der Waals surface area contributed by atoms with Crippen LogP contribution in [0.15, 0.2) is 119 Å². The summed E-state index contributed by atoms with van der Waals surface area (Å²) in [6.45, 7) is 1.67. The van der Waals surface area contributed by atoms with E-state index in [9.17, 15) is 26.4 Å². The van der Waals surface area contributed by atoms with Crippen LogP contribution in [0.2, 0.25) is 0 Å². The Morgan fingerprint density at radius 3 is 1.80 bits per heavy atom. The minimum atomic E-state index is -4.89. The lowest BCUT2D eigenvalue weighted by atomic mass is 9.80. The van der Waals surface area contributed by atoms with E-state index in [1.165, 1.54) is 6.07 Å². The van der Waals surface area contributed by atoms with Gasteiger partial charge in [0.2, 0.25) is 0 Å². The second-order valence-electron chi connectivity index (χ2n) is 11.0. The normalized spacial score (nSPS) is 18.9. The minimum Gasteiger partial charge on any atom is -0.466 e. The number of ether oxygens (including phenoxy) is 2. The number of carbonyl (C=O) groups is 1. The summed E-state index contributed by atoms with van der Waals surface area (Å²) in [5.74, 6) is -2.14. The third kappa shape index (κ3) is 6.73. The largest absolute Gasteiger partial charge is 0.466 e. The molecule has 45 heavy (non-hydrogen) atoms. The molecule has 0 heterocycles. The summed E-state index contributed by atoms with van der Waals surface area (Å²) in [4.78, 5) is 12.4. The highest BCUT2D eigenvalue weighted by atomic mass is 79.9. The lowest BCUT2D eigenvalue weighted by molar-refractivity contribution is -0.150. The average molecular weight is 702 g/mol. The number of halogens is 4. The van der Waals surface area contributed by atoms with Crippen LogP contribution in [0.5, 0.6) is 0 Å². The molecular weight excluding hydrogens is 669 g/mol. The van der Waals surface area contributed by atoms with Crippen LogP contribution < -0.4 is 0 Å². The second-order valence-corrected chi connectivity index (χ2v) is 14.1. The smallest absolute Gasteiger partial charge is 0.417 e. The van der Waals surface area contributed by atoms with Crippen LogP contribution in [0.4, 0.5) is 13.2 Å². The number of esters is 1. The Balaban J connectivity index is 1.56. The molecule has 5 nitrogen and oxygen atoms in total. The van der Waals surface area contributed by atoms with Gasteiger partial charge in [-0.05, 0) is 60.6 Å².